The third kappa shape index (κ3) is 2.54. The number of urea groups is 1. The van der Waals surface area contributed by atoms with Gasteiger partial charge in [-0.05, 0) is 18.6 Å². The predicted molar refractivity (Wildman–Crippen MR) is 67.8 cm³/mol. The summed E-state index contributed by atoms with van der Waals surface area (Å²) in [7, 11) is 0. The van der Waals surface area contributed by atoms with Gasteiger partial charge in [0.1, 0.15) is 0 Å². The number of nitrogens with zero attached hydrogens (tertiary/aromatic N) is 2. The number of carbonyl (C=O) groups excluding carboxylic acids is 2. The van der Waals surface area contributed by atoms with Gasteiger partial charge in [-0.15, -0.1) is 0 Å². The van der Waals surface area contributed by atoms with Gasteiger partial charge in [-0.2, -0.15) is 0 Å². The van der Waals surface area contributed by atoms with E-state index < -0.39 is 11.0 Å². The molecule has 19 heavy (non-hydrogen) atoms. The van der Waals surface area contributed by atoms with Crippen molar-refractivity contribution in [3.8, 4) is 0 Å². The third-order valence-corrected chi connectivity index (χ3v) is 3.02. The van der Waals surface area contributed by atoms with E-state index in [1.807, 2.05) is 0 Å². The molecule has 1 aliphatic rings. The van der Waals surface area contributed by atoms with Gasteiger partial charge < -0.3 is 5.32 Å². The van der Waals surface area contributed by atoms with Crippen molar-refractivity contribution in [3.05, 3.63) is 34.4 Å². The zero-order valence-corrected chi connectivity index (χ0v) is 10.3. The molecule has 3 amide bonds. The first-order valence-electron chi connectivity index (χ1n) is 5.87. The second-order valence-electron chi connectivity index (χ2n) is 4.37. The van der Waals surface area contributed by atoms with Gasteiger partial charge in [0, 0.05) is 24.6 Å². The van der Waals surface area contributed by atoms with Crippen molar-refractivity contribution in [2.45, 2.75) is 13.3 Å². The molecule has 1 fully saturated rings. The highest BCUT2D eigenvalue weighted by atomic mass is 16.6. The van der Waals surface area contributed by atoms with Crippen LogP contribution in [0.5, 0.6) is 0 Å². The molecule has 1 aromatic rings. The standard InChI is InChI=1S/C12H13N3O4/c1-8-6-7-13-12(17)14(11(8)16)9-2-4-10(5-3-9)15(18)19/h2-5,8H,6-7H2,1H3,(H,13,17). The number of amides is 3. The maximum absolute atomic E-state index is 12.1. The fraction of sp³-hybridized carbons (Fsp3) is 0.333. The molecule has 1 saturated heterocycles. The smallest absolute Gasteiger partial charge is 0.328 e. The molecule has 1 unspecified atom stereocenters. The number of benzene rings is 1. The van der Waals surface area contributed by atoms with Crippen LogP contribution in [-0.4, -0.2) is 23.4 Å². The van der Waals surface area contributed by atoms with Crippen molar-refractivity contribution < 1.29 is 14.5 Å². The lowest BCUT2D eigenvalue weighted by molar-refractivity contribution is -0.384. The molecule has 0 aliphatic carbocycles. The van der Waals surface area contributed by atoms with Gasteiger partial charge in [-0.25, -0.2) is 9.69 Å². The second kappa shape index (κ2) is 5.05. The van der Waals surface area contributed by atoms with Crippen LogP contribution in [0.25, 0.3) is 0 Å². The predicted octanol–water partition coefficient (Wildman–Crippen LogP) is 1.68. The summed E-state index contributed by atoms with van der Waals surface area (Å²) >= 11 is 0. The summed E-state index contributed by atoms with van der Waals surface area (Å²) in [5.74, 6) is -0.571. The minimum absolute atomic E-state index is 0.0838. The minimum Gasteiger partial charge on any atom is -0.337 e. The second-order valence-corrected chi connectivity index (χ2v) is 4.37. The lowest BCUT2D eigenvalue weighted by atomic mass is 10.1. The van der Waals surface area contributed by atoms with Crippen LogP contribution in [-0.2, 0) is 4.79 Å². The van der Waals surface area contributed by atoms with Crippen LogP contribution in [0.15, 0.2) is 24.3 Å². The largest absolute Gasteiger partial charge is 0.337 e. The maximum Gasteiger partial charge on any atom is 0.328 e. The molecule has 1 atom stereocenters. The van der Waals surface area contributed by atoms with Gasteiger partial charge in [-0.3, -0.25) is 14.9 Å². The minimum atomic E-state index is -0.531. The Hall–Kier alpha value is -2.44. The number of nitro groups is 1. The number of non-ortho nitro benzene ring substituents is 1. The Labute approximate surface area is 109 Å². The molecule has 1 aliphatic heterocycles. The average molecular weight is 263 g/mol. The number of anilines is 1. The van der Waals surface area contributed by atoms with E-state index >= 15 is 0 Å². The van der Waals surface area contributed by atoms with Crippen LogP contribution in [0.2, 0.25) is 0 Å². The van der Waals surface area contributed by atoms with E-state index in [1.54, 1.807) is 6.92 Å². The number of nitrogens with one attached hydrogen (secondary N) is 1. The van der Waals surface area contributed by atoms with E-state index in [4.69, 9.17) is 0 Å². The zero-order chi connectivity index (χ0) is 14.0. The Morgan fingerprint density at radius 2 is 1.95 bits per heavy atom. The van der Waals surface area contributed by atoms with Crippen molar-refractivity contribution in [2.75, 3.05) is 11.4 Å². The van der Waals surface area contributed by atoms with E-state index in [-0.39, 0.29) is 17.5 Å². The molecule has 0 bridgehead atoms. The number of rotatable bonds is 2. The Morgan fingerprint density at radius 3 is 2.53 bits per heavy atom. The molecule has 1 N–H and O–H groups in total. The molecule has 0 saturated carbocycles. The molecule has 100 valence electrons. The summed E-state index contributed by atoms with van der Waals surface area (Å²) in [6.45, 7) is 2.19. The first kappa shape index (κ1) is 13.0. The van der Waals surface area contributed by atoms with Crippen molar-refractivity contribution in [1.82, 2.24) is 5.32 Å². The number of imide groups is 1. The van der Waals surface area contributed by atoms with Gasteiger partial charge in [0.25, 0.3) is 5.69 Å². The van der Waals surface area contributed by atoms with E-state index in [2.05, 4.69) is 5.32 Å². The fourth-order valence-corrected chi connectivity index (χ4v) is 1.89. The highest BCUT2D eigenvalue weighted by Crippen LogP contribution is 2.23. The molecule has 1 aromatic carbocycles. The van der Waals surface area contributed by atoms with E-state index in [1.165, 1.54) is 24.3 Å². The van der Waals surface area contributed by atoms with Crippen molar-refractivity contribution in [1.29, 1.82) is 0 Å². The number of hydrogen-bond acceptors (Lipinski definition) is 4. The van der Waals surface area contributed by atoms with Crippen LogP contribution in [0.3, 0.4) is 0 Å². The topological polar surface area (TPSA) is 92.6 Å². The lowest BCUT2D eigenvalue weighted by Gasteiger charge is -2.20. The van der Waals surface area contributed by atoms with E-state index in [0.29, 0.717) is 18.7 Å². The zero-order valence-electron chi connectivity index (χ0n) is 10.3. The normalized spacial score (nSPS) is 19.8. The Bertz CT molecular complexity index is 526. The summed E-state index contributed by atoms with van der Waals surface area (Å²) in [4.78, 5) is 35.0. The van der Waals surface area contributed by atoms with Gasteiger partial charge in [-0.1, -0.05) is 6.92 Å². The molecular weight excluding hydrogens is 250 g/mol. The Balaban J connectivity index is 2.34. The molecule has 2 rings (SSSR count). The molecule has 1 heterocycles. The molecule has 0 aromatic heterocycles. The van der Waals surface area contributed by atoms with Crippen LogP contribution >= 0.6 is 0 Å². The molecular formula is C12H13N3O4. The number of nitro benzene ring substituents is 1. The Kier molecular flexibility index (Phi) is 3.46. The van der Waals surface area contributed by atoms with Gasteiger partial charge in [0.05, 0.1) is 10.6 Å². The number of hydrogen-bond donors (Lipinski definition) is 1. The summed E-state index contributed by atoms with van der Waals surface area (Å²) in [6, 6.07) is 4.83. The van der Waals surface area contributed by atoms with Gasteiger partial charge in [0.15, 0.2) is 0 Å². The third-order valence-electron chi connectivity index (χ3n) is 3.02. The van der Waals surface area contributed by atoms with Crippen LogP contribution in [0.1, 0.15) is 13.3 Å². The fourth-order valence-electron chi connectivity index (χ4n) is 1.89. The Morgan fingerprint density at radius 1 is 1.32 bits per heavy atom. The highest BCUT2D eigenvalue weighted by Gasteiger charge is 2.30. The van der Waals surface area contributed by atoms with Crippen LogP contribution in [0, 0.1) is 16.0 Å². The molecule has 7 nitrogen and oxygen atoms in total. The summed E-state index contributed by atoms with van der Waals surface area (Å²) in [5, 5.41) is 13.2. The van der Waals surface area contributed by atoms with Gasteiger partial charge in [0.2, 0.25) is 5.91 Å². The summed E-state index contributed by atoms with van der Waals surface area (Å²) < 4.78 is 0. The summed E-state index contributed by atoms with van der Waals surface area (Å²) in [6.07, 6.45) is 0.577. The first-order valence-corrected chi connectivity index (χ1v) is 5.87. The maximum atomic E-state index is 12.1. The van der Waals surface area contributed by atoms with E-state index in [0.717, 1.165) is 4.90 Å². The average Bonchev–Trinajstić information content (AvgIpc) is 2.50. The quantitative estimate of drug-likeness (QED) is 0.649. The molecule has 0 radical (unpaired) electrons. The first-order chi connectivity index (χ1) is 9.00. The molecule has 7 heteroatoms. The monoisotopic (exact) mass is 263 g/mol. The van der Waals surface area contributed by atoms with Crippen molar-refractivity contribution in [3.63, 3.8) is 0 Å². The lowest BCUT2D eigenvalue weighted by Crippen LogP contribution is -2.42. The van der Waals surface area contributed by atoms with Gasteiger partial charge >= 0.3 is 6.03 Å². The SMILES string of the molecule is CC1CCNC(=O)N(c2ccc([N+](=O)[O-])cc2)C1=O. The van der Waals surface area contributed by atoms with Crippen LogP contribution in [0.4, 0.5) is 16.2 Å². The van der Waals surface area contributed by atoms with E-state index in [9.17, 15) is 19.7 Å². The molecule has 0 spiro atoms. The number of carbonyl (C=O) groups is 2. The van der Waals surface area contributed by atoms with Crippen LogP contribution < -0.4 is 10.2 Å². The highest BCUT2D eigenvalue weighted by molar-refractivity contribution is 6.15. The van der Waals surface area contributed by atoms with Crippen molar-refractivity contribution in [2.24, 2.45) is 5.92 Å². The summed E-state index contributed by atoms with van der Waals surface area (Å²) in [5.41, 5.74) is 0.251. The van der Waals surface area contributed by atoms with Crippen molar-refractivity contribution >= 4 is 23.3 Å².